The van der Waals surface area contributed by atoms with E-state index in [1.54, 1.807) is 21.3 Å². The lowest BCUT2D eigenvalue weighted by Crippen LogP contribution is -2.24. The summed E-state index contributed by atoms with van der Waals surface area (Å²) in [7, 11) is 4.69. The summed E-state index contributed by atoms with van der Waals surface area (Å²) in [6, 6.07) is 7.61. The molecule has 5 heteroatoms. The number of carbonyl (C=O) groups is 1. The Morgan fingerprint density at radius 2 is 1.40 bits per heavy atom. The SMILES string of the molecule is COc1cc(CNC(=O)c2cc(C)c(C)cc2C)cc(OC)c1OC. The summed E-state index contributed by atoms with van der Waals surface area (Å²) in [5, 5.41) is 2.95. The molecule has 5 nitrogen and oxygen atoms in total. The summed E-state index contributed by atoms with van der Waals surface area (Å²) in [6.07, 6.45) is 0. The van der Waals surface area contributed by atoms with Crippen LogP contribution in [0.25, 0.3) is 0 Å². The van der Waals surface area contributed by atoms with Gasteiger partial charge in [-0.25, -0.2) is 0 Å². The molecule has 0 heterocycles. The average molecular weight is 343 g/mol. The number of carbonyl (C=O) groups excluding carboxylic acids is 1. The first kappa shape index (κ1) is 18.6. The summed E-state index contributed by atoms with van der Waals surface area (Å²) in [5.74, 6) is 1.56. The topological polar surface area (TPSA) is 56.8 Å². The molecule has 1 N–H and O–H groups in total. The van der Waals surface area contributed by atoms with Gasteiger partial charge < -0.3 is 19.5 Å². The standard InChI is InChI=1S/C20H25NO4/c1-12-7-14(3)16(8-13(12)2)20(22)21-11-15-9-17(23-4)19(25-6)18(10-15)24-5/h7-10H,11H2,1-6H3,(H,21,22). The quantitative estimate of drug-likeness (QED) is 0.871. The Kier molecular flexibility index (Phi) is 5.91. The summed E-state index contributed by atoms with van der Waals surface area (Å²) in [4.78, 5) is 12.5. The maximum absolute atomic E-state index is 12.5. The van der Waals surface area contributed by atoms with Crippen molar-refractivity contribution < 1.29 is 19.0 Å². The Labute approximate surface area is 148 Å². The number of rotatable bonds is 6. The second kappa shape index (κ2) is 7.92. The van der Waals surface area contributed by atoms with Crippen LogP contribution in [-0.4, -0.2) is 27.2 Å². The van der Waals surface area contributed by atoms with Crippen molar-refractivity contribution >= 4 is 5.91 Å². The highest BCUT2D eigenvalue weighted by Gasteiger charge is 2.15. The van der Waals surface area contributed by atoms with Crippen LogP contribution in [0.15, 0.2) is 24.3 Å². The lowest BCUT2D eigenvalue weighted by atomic mass is 10.0. The molecular weight excluding hydrogens is 318 g/mol. The summed E-state index contributed by atoms with van der Waals surface area (Å²) in [6.45, 7) is 6.35. The van der Waals surface area contributed by atoms with Crippen molar-refractivity contribution in [3.8, 4) is 17.2 Å². The molecule has 0 aromatic heterocycles. The molecule has 0 saturated carbocycles. The summed E-state index contributed by atoms with van der Waals surface area (Å²) < 4.78 is 16.0. The van der Waals surface area contributed by atoms with Gasteiger partial charge in [0.25, 0.3) is 5.91 Å². The third-order valence-corrected chi connectivity index (χ3v) is 4.26. The van der Waals surface area contributed by atoms with Crippen LogP contribution in [0.3, 0.4) is 0 Å². The maximum atomic E-state index is 12.5. The molecular formula is C20H25NO4. The van der Waals surface area contributed by atoms with Crippen LogP contribution in [0.2, 0.25) is 0 Å². The van der Waals surface area contributed by atoms with Gasteiger partial charge in [0, 0.05) is 12.1 Å². The van der Waals surface area contributed by atoms with Gasteiger partial charge in [0.15, 0.2) is 11.5 Å². The second-order valence-corrected chi connectivity index (χ2v) is 5.97. The van der Waals surface area contributed by atoms with E-state index in [1.807, 2.05) is 45.0 Å². The van der Waals surface area contributed by atoms with E-state index in [2.05, 4.69) is 5.32 Å². The Morgan fingerprint density at radius 3 is 1.92 bits per heavy atom. The van der Waals surface area contributed by atoms with Crippen molar-refractivity contribution in [1.29, 1.82) is 0 Å². The van der Waals surface area contributed by atoms with Crippen LogP contribution in [0.1, 0.15) is 32.6 Å². The van der Waals surface area contributed by atoms with Crippen molar-refractivity contribution in [2.45, 2.75) is 27.3 Å². The highest BCUT2D eigenvalue weighted by atomic mass is 16.5. The zero-order valence-electron chi connectivity index (χ0n) is 15.6. The molecule has 134 valence electrons. The van der Waals surface area contributed by atoms with Gasteiger partial charge in [-0.05, 0) is 61.2 Å². The van der Waals surface area contributed by atoms with Crippen molar-refractivity contribution in [3.05, 3.63) is 52.1 Å². The van der Waals surface area contributed by atoms with Crippen LogP contribution in [0, 0.1) is 20.8 Å². The molecule has 0 aliphatic heterocycles. The van der Waals surface area contributed by atoms with E-state index in [-0.39, 0.29) is 5.91 Å². The number of methoxy groups -OCH3 is 3. The molecule has 1 amide bonds. The second-order valence-electron chi connectivity index (χ2n) is 5.97. The van der Waals surface area contributed by atoms with E-state index < -0.39 is 0 Å². The Bertz CT molecular complexity index is 759. The van der Waals surface area contributed by atoms with Gasteiger partial charge in [-0.3, -0.25) is 4.79 Å². The third-order valence-electron chi connectivity index (χ3n) is 4.26. The van der Waals surface area contributed by atoms with E-state index in [0.717, 1.165) is 16.7 Å². The molecule has 0 radical (unpaired) electrons. The van der Waals surface area contributed by atoms with Gasteiger partial charge in [-0.2, -0.15) is 0 Å². The largest absolute Gasteiger partial charge is 0.493 e. The third kappa shape index (κ3) is 4.05. The van der Waals surface area contributed by atoms with E-state index in [4.69, 9.17) is 14.2 Å². The zero-order valence-corrected chi connectivity index (χ0v) is 15.6. The number of benzene rings is 2. The summed E-state index contributed by atoms with van der Waals surface area (Å²) >= 11 is 0. The van der Waals surface area contributed by atoms with E-state index in [9.17, 15) is 4.79 Å². The van der Waals surface area contributed by atoms with Crippen LogP contribution < -0.4 is 19.5 Å². The lowest BCUT2D eigenvalue weighted by Gasteiger charge is -2.15. The minimum absolute atomic E-state index is 0.102. The van der Waals surface area contributed by atoms with Gasteiger partial charge in [0.2, 0.25) is 5.75 Å². The molecule has 2 rings (SSSR count). The predicted molar refractivity (Wildman–Crippen MR) is 97.9 cm³/mol. The van der Waals surface area contributed by atoms with Crippen molar-refractivity contribution in [2.75, 3.05) is 21.3 Å². The molecule has 0 atom stereocenters. The zero-order chi connectivity index (χ0) is 18.6. The van der Waals surface area contributed by atoms with Crippen LogP contribution in [-0.2, 0) is 6.54 Å². The van der Waals surface area contributed by atoms with E-state index in [0.29, 0.717) is 29.4 Å². The predicted octanol–water partition coefficient (Wildman–Crippen LogP) is 3.57. The van der Waals surface area contributed by atoms with Crippen molar-refractivity contribution in [3.63, 3.8) is 0 Å². The lowest BCUT2D eigenvalue weighted by molar-refractivity contribution is 0.0950. The first-order chi connectivity index (χ1) is 11.9. The molecule has 0 spiro atoms. The Hall–Kier alpha value is -2.69. The fourth-order valence-corrected chi connectivity index (χ4v) is 2.72. The molecule has 0 fully saturated rings. The molecule has 0 aliphatic rings. The van der Waals surface area contributed by atoms with Crippen LogP contribution in [0.5, 0.6) is 17.2 Å². The van der Waals surface area contributed by atoms with Crippen LogP contribution in [0.4, 0.5) is 0 Å². The van der Waals surface area contributed by atoms with E-state index in [1.165, 1.54) is 5.56 Å². The molecule has 25 heavy (non-hydrogen) atoms. The minimum atomic E-state index is -0.102. The molecule has 0 saturated heterocycles. The Morgan fingerprint density at radius 1 is 0.840 bits per heavy atom. The number of ether oxygens (including phenoxy) is 3. The number of amides is 1. The number of aryl methyl sites for hydroxylation is 3. The van der Waals surface area contributed by atoms with Gasteiger partial charge in [-0.15, -0.1) is 0 Å². The highest BCUT2D eigenvalue weighted by molar-refractivity contribution is 5.95. The molecule has 2 aromatic carbocycles. The monoisotopic (exact) mass is 343 g/mol. The fourth-order valence-electron chi connectivity index (χ4n) is 2.72. The summed E-state index contributed by atoms with van der Waals surface area (Å²) in [5.41, 5.74) is 4.80. The number of hydrogen-bond acceptors (Lipinski definition) is 4. The highest BCUT2D eigenvalue weighted by Crippen LogP contribution is 2.38. The minimum Gasteiger partial charge on any atom is -0.493 e. The van der Waals surface area contributed by atoms with Gasteiger partial charge >= 0.3 is 0 Å². The first-order valence-electron chi connectivity index (χ1n) is 8.06. The van der Waals surface area contributed by atoms with Gasteiger partial charge in [0.05, 0.1) is 21.3 Å². The fraction of sp³-hybridized carbons (Fsp3) is 0.350. The Balaban J connectivity index is 2.21. The van der Waals surface area contributed by atoms with Crippen molar-refractivity contribution in [2.24, 2.45) is 0 Å². The normalized spacial score (nSPS) is 10.3. The van der Waals surface area contributed by atoms with Gasteiger partial charge in [0.1, 0.15) is 0 Å². The molecule has 0 bridgehead atoms. The van der Waals surface area contributed by atoms with E-state index >= 15 is 0 Å². The molecule has 0 aliphatic carbocycles. The number of nitrogens with one attached hydrogen (secondary N) is 1. The van der Waals surface area contributed by atoms with Crippen molar-refractivity contribution in [1.82, 2.24) is 5.32 Å². The molecule has 2 aromatic rings. The molecule has 0 unspecified atom stereocenters. The average Bonchev–Trinajstić information content (AvgIpc) is 2.61. The first-order valence-corrected chi connectivity index (χ1v) is 8.06. The maximum Gasteiger partial charge on any atom is 0.251 e. The van der Waals surface area contributed by atoms with Crippen LogP contribution >= 0.6 is 0 Å². The smallest absolute Gasteiger partial charge is 0.251 e. The van der Waals surface area contributed by atoms with Gasteiger partial charge in [-0.1, -0.05) is 6.07 Å². The number of hydrogen-bond donors (Lipinski definition) is 1.